The minimum absolute atomic E-state index is 0.571. The van der Waals surface area contributed by atoms with E-state index in [2.05, 4.69) is 32.0 Å². The van der Waals surface area contributed by atoms with Crippen molar-refractivity contribution in [2.24, 2.45) is 0 Å². The molecule has 2 aromatic heterocycles. The summed E-state index contributed by atoms with van der Waals surface area (Å²) in [7, 11) is 0. The van der Waals surface area contributed by atoms with Gasteiger partial charge in [-0.2, -0.15) is 5.21 Å². The molecule has 0 amide bonds. The molecular formula is C11H10ClN5S. The highest BCUT2D eigenvalue weighted by atomic mass is 35.5. The van der Waals surface area contributed by atoms with Crippen LogP contribution in [0, 0.1) is 0 Å². The van der Waals surface area contributed by atoms with Gasteiger partial charge in [-0.25, -0.2) is 0 Å². The number of fused-ring (bicyclic) bond motifs is 1. The number of tetrazole rings is 1. The standard InChI is InChI=1S/C11H10ClN5S/c12-11-7-3-1-2-4-8(7)18-9(11)5-13-6-10-14-16-17-15-10/h1-4,13H,5-6H2,(H,14,15,16,17). The molecule has 0 saturated carbocycles. The van der Waals surface area contributed by atoms with E-state index in [1.807, 2.05) is 18.2 Å². The molecule has 18 heavy (non-hydrogen) atoms. The molecule has 92 valence electrons. The molecule has 3 rings (SSSR count). The Morgan fingerprint density at radius 3 is 2.94 bits per heavy atom. The molecule has 2 heterocycles. The Balaban J connectivity index is 1.73. The number of nitrogens with one attached hydrogen (secondary N) is 2. The van der Waals surface area contributed by atoms with Crippen molar-refractivity contribution in [2.45, 2.75) is 13.1 Å². The van der Waals surface area contributed by atoms with E-state index in [-0.39, 0.29) is 0 Å². The maximum absolute atomic E-state index is 6.34. The lowest BCUT2D eigenvalue weighted by molar-refractivity contribution is 0.670. The monoisotopic (exact) mass is 279 g/mol. The van der Waals surface area contributed by atoms with Crippen LogP contribution in [0.1, 0.15) is 10.7 Å². The molecular weight excluding hydrogens is 270 g/mol. The lowest BCUT2D eigenvalue weighted by atomic mass is 10.2. The van der Waals surface area contributed by atoms with Crippen molar-refractivity contribution in [1.82, 2.24) is 25.9 Å². The predicted octanol–water partition coefficient (Wildman–Crippen LogP) is 2.36. The predicted molar refractivity (Wildman–Crippen MR) is 71.6 cm³/mol. The number of hydrogen-bond acceptors (Lipinski definition) is 5. The first kappa shape index (κ1) is 11.6. The summed E-state index contributed by atoms with van der Waals surface area (Å²) in [6.45, 7) is 1.27. The largest absolute Gasteiger partial charge is 0.305 e. The Morgan fingerprint density at radius 1 is 1.28 bits per heavy atom. The summed E-state index contributed by atoms with van der Waals surface area (Å²) in [6, 6.07) is 8.13. The number of aromatic nitrogens is 4. The van der Waals surface area contributed by atoms with E-state index in [0.29, 0.717) is 18.9 Å². The highest BCUT2D eigenvalue weighted by Gasteiger charge is 2.09. The first-order valence-corrected chi connectivity index (χ1v) is 6.63. The molecule has 5 nitrogen and oxygen atoms in total. The van der Waals surface area contributed by atoms with Gasteiger partial charge in [0.1, 0.15) is 0 Å². The molecule has 0 fully saturated rings. The summed E-state index contributed by atoms with van der Waals surface area (Å²) in [5.74, 6) is 0.646. The highest BCUT2D eigenvalue weighted by Crippen LogP contribution is 2.34. The second kappa shape index (κ2) is 5.01. The first-order valence-electron chi connectivity index (χ1n) is 5.43. The Bertz CT molecular complexity index is 649. The van der Waals surface area contributed by atoms with Gasteiger partial charge in [-0.05, 0) is 6.07 Å². The normalized spacial score (nSPS) is 11.2. The smallest absolute Gasteiger partial charge is 0.188 e. The zero-order valence-electron chi connectivity index (χ0n) is 9.35. The van der Waals surface area contributed by atoms with Gasteiger partial charge in [0.25, 0.3) is 0 Å². The number of hydrogen-bond donors (Lipinski definition) is 2. The minimum atomic E-state index is 0.571. The molecule has 0 unspecified atom stereocenters. The van der Waals surface area contributed by atoms with E-state index in [4.69, 9.17) is 11.6 Å². The van der Waals surface area contributed by atoms with Crippen LogP contribution in [0.2, 0.25) is 5.02 Å². The van der Waals surface area contributed by atoms with Gasteiger partial charge in [0, 0.05) is 21.5 Å². The molecule has 1 aromatic carbocycles. The first-order chi connectivity index (χ1) is 8.84. The van der Waals surface area contributed by atoms with Crippen LogP contribution in [0.5, 0.6) is 0 Å². The lowest BCUT2D eigenvalue weighted by Crippen LogP contribution is -2.13. The maximum Gasteiger partial charge on any atom is 0.188 e. The van der Waals surface area contributed by atoms with Gasteiger partial charge in [0.05, 0.1) is 11.6 Å². The van der Waals surface area contributed by atoms with E-state index < -0.39 is 0 Å². The van der Waals surface area contributed by atoms with Crippen LogP contribution < -0.4 is 5.32 Å². The zero-order valence-corrected chi connectivity index (χ0v) is 10.9. The molecule has 0 aliphatic heterocycles. The van der Waals surface area contributed by atoms with Crippen molar-refractivity contribution in [2.75, 3.05) is 0 Å². The SMILES string of the molecule is Clc1c(CNCc2nn[nH]n2)sc2ccccc12. The number of aromatic amines is 1. The molecule has 0 spiro atoms. The van der Waals surface area contributed by atoms with Crippen molar-refractivity contribution in [3.05, 3.63) is 40.0 Å². The van der Waals surface area contributed by atoms with Crippen LogP contribution in [0.3, 0.4) is 0 Å². The number of rotatable bonds is 4. The van der Waals surface area contributed by atoms with Crippen molar-refractivity contribution in [3.8, 4) is 0 Å². The Kier molecular flexibility index (Phi) is 3.22. The summed E-state index contributed by atoms with van der Waals surface area (Å²) >= 11 is 8.04. The fraction of sp³-hybridized carbons (Fsp3) is 0.182. The molecule has 7 heteroatoms. The van der Waals surface area contributed by atoms with Gasteiger partial charge in [0.2, 0.25) is 0 Å². The van der Waals surface area contributed by atoms with E-state index in [9.17, 15) is 0 Å². The molecule has 0 atom stereocenters. The third-order valence-corrected chi connectivity index (χ3v) is 4.27. The third kappa shape index (κ3) is 2.22. The van der Waals surface area contributed by atoms with Crippen LogP contribution in [0.4, 0.5) is 0 Å². The average Bonchev–Trinajstić information content (AvgIpc) is 3.00. The molecule has 0 bridgehead atoms. The van der Waals surface area contributed by atoms with Crippen LogP contribution in [0.25, 0.3) is 10.1 Å². The molecule has 0 aliphatic carbocycles. The van der Waals surface area contributed by atoms with Gasteiger partial charge in [-0.3, -0.25) is 0 Å². The van der Waals surface area contributed by atoms with Crippen LogP contribution in [0.15, 0.2) is 24.3 Å². The Labute approximate surface area is 112 Å². The van der Waals surface area contributed by atoms with E-state index in [1.54, 1.807) is 11.3 Å². The highest BCUT2D eigenvalue weighted by molar-refractivity contribution is 7.19. The van der Waals surface area contributed by atoms with E-state index in [0.717, 1.165) is 15.3 Å². The van der Waals surface area contributed by atoms with Crippen molar-refractivity contribution < 1.29 is 0 Å². The number of thiophene rings is 1. The van der Waals surface area contributed by atoms with Crippen LogP contribution >= 0.6 is 22.9 Å². The molecule has 2 N–H and O–H groups in total. The van der Waals surface area contributed by atoms with Gasteiger partial charge in [-0.15, -0.1) is 21.5 Å². The minimum Gasteiger partial charge on any atom is -0.305 e. The second-order valence-electron chi connectivity index (χ2n) is 3.77. The molecule has 0 aliphatic rings. The van der Waals surface area contributed by atoms with Gasteiger partial charge >= 0.3 is 0 Å². The molecule has 0 radical (unpaired) electrons. The van der Waals surface area contributed by atoms with Gasteiger partial charge in [-0.1, -0.05) is 35.0 Å². The molecule has 3 aromatic rings. The summed E-state index contributed by atoms with van der Waals surface area (Å²) in [5.41, 5.74) is 0. The quantitative estimate of drug-likeness (QED) is 0.769. The third-order valence-electron chi connectivity index (χ3n) is 2.56. The number of H-pyrrole nitrogens is 1. The lowest BCUT2D eigenvalue weighted by Gasteiger charge is -1.99. The summed E-state index contributed by atoms with van der Waals surface area (Å²) in [6.07, 6.45) is 0. The second-order valence-corrected chi connectivity index (χ2v) is 5.28. The fourth-order valence-electron chi connectivity index (χ4n) is 1.72. The van der Waals surface area contributed by atoms with Crippen molar-refractivity contribution in [1.29, 1.82) is 0 Å². The zero-order chi connectivity index (χ0) is 12.4. The van der Waals surface area contributed by atoms with Gasteiger partial charge < -0.3 is 5.32 Å². The van der Waals surface area contributed by atoms with E-state index >= 15 is 0 Å². The number of halogens is 1. The summed E-state index contributed by atoms with van der Waals surface area (Å²) in [5, 5.41) is 18.9. The Hall–Kier alpha value is -1.50. The summed E-state index contributed by atoms with van der Waals surface area (Å²) < 4.78 is 1.21. The molecule has 0 saturated heterocycles. The number of benzene rings is 1. The van der Waals surface area contributed by atoms with Gasteiger partial charge in [0.15, 0.2) is 5.82 Å². The van der Waals surface area contributed by atoms with E-state index in [1.165, 1.54) is 4.70 Å². The maximum atomic E-state index is 6.34. The van der Waals surface area contributed by atoms with Crippen molar-refractivity contribution >= 4 is 33.0 Å². The summed E-state index contributed by atoms with van der Waals surface area (Å²) in [4.78, 5) is 1.13. The van der Waals surface area contributed by atoms with Crippen LogP contribution in [-0.4, -0.2) is 20.6 Å². The van der Waals surface area contributed by atoms with Crippen molar-refractivity contribution in [3.63, 3.8) is 0 Å². The number of nitrogens with zero attached hydrogens (tertiary/aromatic N) is 3. The average molecular weight is 280 g/mol. The topological polar surface area (TPSA) is 66.5 Å². The van der Waals surface area contributed by atoms with Crippen LogP contribution in [-0.2, 0) is 13.1 Å². The Morgan fingerprint density at radius 2 is 2.17 bits per heavy atom. The fourth-order valence-corrected chi connectivity index (χ4v) is 3.19.